The predicted molar refractivity (Wildman–Crippen MR) is 155 cm³/mol. The van der Waals surface area contributed by atoms with Gasteiger partial charge in [0.15, 0.2) is 0 Å². The van der Waals surface area contributed by atoms with E-state index < -0.39 is 0 Å². The number of carbonyl (C=O) groups excluding carboxylic acids is 1. The Hall–Kier alpha value is -5.03. The average molecular weight is 495 g/mol. The molecule has 6 aromatic rings. The molecule has 0 saturated heterocycles. The first kappa shape index (κ1) is 23.4. The molecule has 38 heavy (non-hydrogen) atoms. The fourth-order valence-corrected chi connectivity index (χ4v) is 4.97. The molecule has 184 valence electrons. The van der Waals surface area contributed by atoms with Crippen LogP contribution in [0.3, 0.4) is 0 Å². The van der Waals surface area contributed by atoms with Crippen LogP contribution in [-0.2, 0) is 0 Å². The summed E-state index contributed by atoms with van der Waals surface area (Å²) in [5.74, 6) is -0.277. The van der Waals surface area contributed by atoms with Crippen molar-refractivity contribution in [2.75, 3.05) is 0 Å². The summed E-state index contributed by atoms with van der Waals surface area (Å²) in [6, 6.07) is 36.2. The van der Waals surface area contributed by atoms with Crippen LogP contribution in [0.4, 0.5) is 0 Å². The quantitative estimate of drug-likeness (QED) is 0.203. The molecule has 0 aliphatic rings. The number of nitrogens with one attached hydrogen (secondary N) is 1. The van der Waals surface area contributed by atoms with Crippen molar-refractivity contribution in [3.63, 3.8) is 0 Å². The Morgan fingerprint density at radius 2 is 1.55 bits per heavy atom. The molecule has 0 saturated carbocycles. The molecule has 2 heterocycles. The third kappa shape index (κ3) is 4.35. The summed E-state index contributed by atoms with van der Waals surface area (Å²) in [4.78, 5) is 18.0. The van der Waals surface area contributed by atoms with Crippen LogP contribution < -0.4 is 5.43 Å². The number of rotatable bonds is 5. The number of nitrogens with zero attached hydrogens (tertiary/aromatic N) is 3. The smallest absolute Gasteiger partial charge is 0.272 e. The van der Waals surface area contributed by atoms with Crippen molar-refractivity contribution in [1.82, 2.24) is 15.0 Å². The largest absolute Gasteiger partial charge is 0.318 e. The summed E-state index contributed by atoms with van der Waals surface area (Å²) in [6.07, 6.45) is 1.71. The minimum absolute atomic E-state index is 0.277. The summed E-state index contributed by atoms with van der Waals surface area (Å²) in [7, 11) is 0. The molecule has 1 N–H and O–H groups in total. The number of hydrazone groups is 1. The van der Waals surface area contributed by atoms with Gasteiger partial charge in [-0.25, -0.2) is 10.4 Å². The molecule has 0 radical (unpaired) electrons. The van der Waals surface area contributed by atoms with E-state index in [0.717, 1.165) is 44.8 Å². The zero-order valence-corrected chi connectivity index (χ0v) is 21.2. The second kappa shape index (κ2) is 9.79. The minimum Gasteiger partial charge on any atom is -0.318 e. The SMILES string of the molecule is Cc1cc(/C=N/NC(=O)c2cc(-c3ccccc3)nc3ccccc23)c(C)n1-c1ccc2ccccc2c1. The lowest BCUT2D eigenvalue weighted by Crippen LogP contribution is -2.18. The topological polar surface area (TPSA) is 59.3 Å². The van der Waals surface area contributed by atoms with Gasteiger partial charge in [0.25, 0.3) is 5.91 Å². The Bertz CT molecular complexity index is 1830. The Kier molecular flexibility index (Phi) is 6.02. The lowest BCUT2D eigenvalue weighted by Gasteiger charge is -2.11. The molecule has 0 aliphatic carbocycles. The zero-order chi connectivity index (χ0) is 26.1. The fourth-order valence-electron chi connectivity index (χ4n) is 4.97. The Balaban J connectivity index is 1.29. The molecule has 4 aromatic carbocycles. The normalized spacial score (nSPS) is 11.4. The predicted octanol–water partition coefficient (Wildman–Crippen LogP) is 7.23. The molecule has 6 rings (SSSR count). The van der Waals surface area contributed by atoms with Gasteiger partial charge in [0, 0.05) is 33.6 Å². The van der Waals surface area contributed by atoms with Crippen LogP contribution in [0.5, 0.6) is 0 Å². The number of para-hydroxylation sites is 1. The molecular formula is C33H26N4O. The molecule has 0 aliphatic heterocycles. The number of aryl methyl sites for hydroxylation is 1. The molecule has 0 fully saturated rings. The maximum Gasteiger partial charge on any atom is 0.272 e. The highest BCUT2D eigenvalue weighted by Gasteiger charge is 2.14. The van der Waals surface area contributed by atoms with Gasteiger partial charge in [-0.15, -0.1) is 0 Å². The van der Waals surface area contributed by atoms with Crippen LogP contribution in [0, 0.1) is 13.8 Å². The van der Waals surface area contributed by atoms with Crippen molar-refractivity contribution < 1.29 is 4.79 Å². The van der Waals surface area contributed by atoms with Crippen LogP contribution in [0.25, 0.3) is 38.6 Å². The zero-order valence-electron chi connectivity index (χ0n) is 21.2. The van der Waals surface area contributed by atoms with E-state index >= 15 is 0 Å². The van der Waals surface area contributed by atoms with Gasteiger partial charge in [-0.05, 0) is 55.0 Å². The number of aromatic nitrogens is 2. The second-order valence-electron chi connectivity index (χ2n) is 9.33. The summed E-state index contributed by atoms with van der Waals surface area (Å²) >= 11 is 0. The number of fused-ring (bicyclic) bond motifs is 2. The third-order valence-corrected chi connectivity index (χ3v) is 6.86. The van der Waals surface area contributed by atoms with Crippen LogP contribution >= 0.6 is 0 Å². The minimum atomic E-state index is -0.277. The molecule has 1 amide bonds. The lowest BCUT2D eigenvalue weighted by molar-refractivity contribution is 0.0956. The van der Waals surface area contributed by atoms with E-state index in [1.807, 2.05) is 66.7 Å². The van der Waals surface area contributed by atoms with Crippen LogP contribution in [0.2, 0.25) is 0 Å². The first-order valence-electron chi connectivity index (χ1n) is 12.6. The maximum atomic E-state index is 13.3. The van der Waals surface area contributed by atoms with Crippen LogP contribution in [0.15, 0.2) is 114 Å². The first-order chi connectivity index (χ1) is 18.6. The van der Waals surface area contributed by atoms with Crippen molar-refractivity contribution in [3.8, 4) is 16.9 Å². The molecule has 2 aromatic heterocycles. The number of amides is 1. The van der Waals surface area contributed by atoms with E-state index in [1.54, 1.807) is 6.21 Å². The highest BCUT2D eigenvalue weighted by Crippen LogP contribution is 2.26. The van der Waals surface area contributed by atoms with Gasteiger partial charge >= 0.3 is 0 Å². The summed E-state index contributed by atoms with van der Waals surface area (Å²) in [6.45, 7) is 4.14. The monoisotopic (exact) mass is 494 g/mol. The van der Waals surface area contributed by atoms with Crippen molar-refractivity contribution in [2.24, 2.45) is 5.10 Å². The molecule has 0 atom stereocenters. The molecule has 0 unspecified atom stereocenters. The van der Waals surface area contributed by atoms with Crippen molar-refractivity contribution >= 4 is 33.8 Å². The number of benzene rings is 4. The van der Waals surface area contributed by atoms with Gasteiger partial charge in [-0.2, -0.15) is 5.10 Å². The van der Waals surface area contributed by atoms with E-state index in [1.165, 1.54) is 10.8 Å². The first-order valence-corrected chi connectivity index (χ1v) is 12.6. The van der Waals surface area contributed by atoms with Crippen molar-refractivity contribution in [3.05, 3.63) is 132 Å². The Morgan fingerprint density at radius 3 is 2.39 bits per heavy atom. The van der Waals surface area contributed by atoms with E-state index in [0.29, 0.717) is 5.56 Å². The molecule has 5 heteroatoms. The standard InChI is InChI=1S/C33H26N4O/c1-22-18-27(23(2)37(22)28-17-16-24-10-6-7-13-26(24)19-28)21-34-36-33(38)30-20-32(25-11-4-3-5-12-25)35-31-15-9-8-14-29(30)31/h3-21H,1-2H3,(H,36,38)/b34-21+. The van der Waals surface area contributed by atoms with E-state index in [9.17, 15) is 4.79 Å². The molecular weight excluding hydrogens is 468 g/mol. The second-order valence-corrected chi connectivity index (χ2v) is 9.33. The molecule has 0 spiro atoms. The van der Waals surface area contributed by atoms with Crippen LogP contribution in [0.1, 0.15) is 27.3 Å². The highest BCUT2D eigenvalue weighted by atomic mass is 16.2. The summed E-state index contributed by atoms with van der Waals surface area (Å²) < 4.78 is 2.21. The average Bonchev–Trinajstić information content (AvgIpc) is 3.24. The van der Waals surface area contributed by atoms with E-state index in [4.69, 9.17) is 4.98 Å². The number of hydrogen-bond acceptors (Lipinski definition) is 3. The van der Waals surface area contributed by atoms with Crippen LogP contribution in [-0.4, -0.2) is 21.7 Å². The van der Waals surface area contributed by atoms with E-state index in [-0.39, 0.29) is 5.91 Å². The van der Waals surface area contributed by atoms with E-state index in [2.05, 4.69) is 71.4 Å². The van der Waals surface area contributed by atoms with Gasteiger partial charge in [-0.1, -0.05) is 78.9 Å². The number of hydrogen-bond donors (Lipinski definition) is 1. The van der Waals surface area contributed by atoms with Crippen molar-refractivity contribution in [1.29, 1.82) is 0 Å². The number of pyridine rings is 1. The maximum absolute atomic E-state index is 13.3. The molecule has 5 nitrogen and oxygen atoms in total. The van der Waals surface area contributed by atoms with Gasteiger partial charge in [0.2, 0.25) is 0 Å². The van der Waals surface area contributed by atoms with Gasteiger partial charge in [0.05, 0.1) is 23.0 Å². The Labute approximate surface area is 221 Å². The summed E-state index contributed by atoms with van der Waals surface area (Å²) in [5.41, 5.74) is 9.92. The van der Waals surface area contributed by atoms with Gasteiger partial charge < -0.3 is 4.57 Å². The van der Waals surface area contributed by atoms with Gasteiger partial charge in [0.1, 0.15) is 0 Å². The summed E-state index contributed by atoms with van der Waals surface area (Å²) in [5, 5.41) is 7.52. The fraction of sp³-hybridized carbons (Fsp3) is 0.0606. The third-order valence-electron chi connectivity index (χ3n) is 6.86. The lowest BCUT2D eigenvalue weighted by atomic mass is 10.0. The van der Waals surface area contributed by atoms with Gasteiger partial charge in [-0.3, -0.25) is 4.79 Å². The Morgan fingerprint density at radius 1 is 0.816 bits per heavy atom. The number of carbonyl (C=O) groups is 1. The highest BCUT2D eigenvalue weighted by molar-refractivity contribution is 6.07. The molecule has 0 bridgehead atoms. The van der Waals surface area contributed by atoms with Crippen molar-refractivity contribution in [2.45, 2.75) is 13.8 Å².